The van der Waals surface area contributed by atoms with E-state index in [1.807, 2.05) is 0 Å². The fourth-order valence-electron chi connectivity index (χ4n) is 2.25. The van der Waals surface area contributed by atoms with E-state index in [2.05, 4.69) is 10.6 Å². The van der Waals surface area contributed by atoms with Crippen LogP contribution in [0.2, 0.25) is 0 Å². The topological polar surface area (TPSA) is 50.4 Å². The first-order chi connectivity index (χ1) is 9.74. The number of hydrogen-bond acceptors (Lipinski definition) is 3. The summed E-state index contributed by atoms with van der Waals surface area (Å²) < 4.78 is 18.1. The Balaban J connectivity index is 0.00000220. The van der Waals surface area contributed by atoms with Gasteiger partial charge in [0.15, 0.2) is 0 Å². The molecule has 4 nitrogen and oxygen atoms in total. The van der Waals surface area contributed by atoms with E-state index in [1.165, 1.54) is 12.1 Å². The predicted molar refractivity (Wildman–Crippen MR) is 82.4 cm³/mol. The van der Waals surface area contributed by atoms with Gasteiger partial charge < -0.3 is 15.4 Å². The average molecular weight is 317 g/mol. The molecule has 0 spiro atoms. The fourth-order valence-corrected chi connectivity index (χ4v) is 2.25. The van der Waals surface area contributed by atoms with Crippen molar-refractivity contribution in [3.63, 3.8) is 0 Å². The third kappa shape index (κ3) is 6.78. The molecule has 0 saturated carbocycles. The van der Waals surface area contributed by atoms with Crippen LogP contribution in [0.4, 0.5) is 4.39 Å². The van der Waals surface area contributed by atoms with Gasteiger partial charge in [-0.15, -0.1) is 12.4 Å². The molecule has 0 aromatic heterocycles. The van der Waals surface area contributed by atoms with Crippen LogP contribution in [-0.2, 0) is 4.79 Å². The minimum absolute atomic E-state index is 0. The molecule has 1 amide bonds. The van der Waals surface area contributed by atoms with Gasteiger partial charge in [-0.3, -0.25) is 4.79 Å². The standard InChI is InChI=1S/C15H21FN2O2.ClH/c16-12-4-6-14(7-5-12)20-10-2-9-18-15(19)11-13-3-1-8-17-13;/h4-7,13,17H,1-3,8-11H2,(H,18,19);1H. The van der Waals surface area contributed by atoms with Crippen LogP contribution in [-0.4, -0.2) is 31.6 Å². The first-order valence-corrected chi connectivity index (χ1v) is 7.12. The summed E-state index contributed by atoms with van der Waals surface area (Å²) in [6, 6.07) is 6.27. The number of carbonyl (C=O) groups is 1. The summed E-state index contributed by atoms with van der Waals surface area (Å²) in [5.74, 6) is 0.462. The van der Waals surface area contributed by atoms with Crippen molar-refractivity contribution in [2.45, 2.75) is 31.7 Å². The molecule has 1 saturated heterocycles. The molecule has 1 aliphatic heterocycles. The van der Waals surface area contributed by atoms with E-state index in [-0.39, 0.29) is 24.1 Å². The average Bonchev–Trinajstić information content (AvgIpc) is 2.93. The van der Waals surface area contributed by atoms with E-state index in [0.717, 1.165) is 25.8 Å². The van der Waals surface area contributed by atoms with E-state index in [9.17, 15) is 9.18 Å². The van der Waals surface area contributed by atoms with Gasteiger partial charge >= 0.3 is 0 Å². The van der Waals surface area contributed by atoms with Crippen LogP contribution in [0.5, 0.6) is 5.75 Å². The lowest BCUT2D eigenvalue weighted by Gasteiger charge is -2.10. The Kier molecular flexibility index (Phi) is 8.08. The van der Waals surface area contributed by atoms with Crippen LogP contribution in [0.25, 0.3) is 0 Å². The van der Waals surface area contributed by atoms with Gasteiger partial charge in [0, 0.05) is 19.0 Å². The molecule has 118 valence electrons. The van der Waals surface area contributed by atoms with Crippen molar-refractivity contribution in [2.75, 3.05) is 19.7 Å². The normalized spacial score (nSPS) is 17.1. The lowest BCUT2D eigenvalue weighted by atomic mass is 10.1. The second-order valence-electron chi connectivity index (χ2n) is 5.00. The Hall–Kier alpha value is -1.33. The molecule has 0 aliphatic carbocycles. The summed E-state index contributed by atoms with van der Waals surface area (Å²) in [5, 5.41) is 6.18. The summed E-state index contributed by atoms with van der Waals surface area (Å²) in [4.78, 5) is 11.6. The van der Waals surface area contributed by atoms with E-state index in [4.69, 9.17) is 4.74 Å². The van der Waals surface area contributed by atoms with Crippen LogP contribution in [0, 0.1) is 5.82 Å². The summed E-state index contributed by atoms with van der Waals surface area (Å²) >= 11 is 0. The number of nitrogens with one attached hydrogen (secondary N) is 2. The van der Waals surface area contributed by atoms with Gasteiger partial charge in [-0.25, -0.2) is 4.39 Å². The minimum atomic E-state index is -0.273. The van der Waals surface area contributed by atoms with Gasteiger partial charge in [-0.05, 0) is 50.1 Å². The molecule has 0 radical (unpaired) electrons. The number of ether oxygens (including phenoxy) is 1. The number of amides is 1. The monoisotopic (exact) mass is 316 g/mol. The Morgan fingerprint density at radius 2 is 2.14 bits per heavy atom. The number of rotatable bonds is 7. The van der Waals surface area contributed by atoms with Crippen LogP contribution >= 0.6 is 12.4 Å². The zero-order valence-electron chi connectivity index (χ0n) is 11.9. The van der Waals surface area contributed by atoms with Gasteiger partial charge in [0.1, 0.15) is 11.6 Å². The van der Waals surface area contributed by atoms with Crippen LogP contribution < -0.4 is 15.4 Å². The van der Waals surface area contributed by atoms with Crippen molar-refractivity contribution < 1.29 is 13.9 Å². The Bertz CT molecular complexity index is 422. The Labute approximate surface area is 130 Å². The SMILES string of the molecule is Cl.O=C(CC1CCCN1)NCCCOc1ccc(F)cc1. The second kappa shape index (κ2) is 9.58. The highest BCUT2D eigenvalue weighted by Crippen LogP contribution is 2.11. The summed E-state index contributed by atoms with van der Waals surface area (Å²) in [5.41, 5.74) is 0. The molecule has 1 unspecified atom stereocenters. The maximum atomic E-state index is 12.7. The number of hydrogen-bond donors (Lipinski definition) is 2. The minimum Gasteiger partial charge on any atom is -0.494 e. The molecule has 6 heteroatoms. The lowest BCUT2D eigenvalue weighted by Crippen LogP contribution is -2.32. The maximum absolute atomic E-state index is 12.7. The molecular weight excluding hydrogens is 295 g/mol. The zero-order chi connectivity index (χ0) is 14.2. The molecule has 2 rings (SSSR count). The second-order valence-corrected chi connectivity index (χ2v) is 5.00. The van der Waals surface area contributed by atoms with E-state index in [1.54, 1.807) is 12.1 Å². The van der Waals surface area contributed by atoms with Gasteiger partial charge in [0.25, 0.3) is 0 Å². The quantitative estimate of drug-likeness (QED) is 0.759. The van der Waals surface area contributed by atoms with Crippen molar-refractivity contribution in [2.24, 2.45) is 0 Å². The molecule has 1 aromatic carbocycles. The van der Waals surface area contributed by atoms with Gasteiger partial charge in [-0.1, -0.05) is 0 Å². The van der Waals surface area contributed by atoms with Gasteiger partial charge in [0.2, 0.25) is 5.91 Å². The van der Waals surface area contributed by atoms with Crippen LogP contribution in [0.1, 0.15) is 25.7 Å². The third-order valence-electron chi connectivity index (χ3n) is 3.32. The lowest BCUT2D eigenvalue weighted by molar-refractivity contribution is -0.121. The van der Waals surface area contributed by atoms with Gasteiger partial charge in [0.05, 0.1) is 6.61 Å². The molecule has 1 heterocycles. The smallest absolute Gasteiger partial charge is 0.221 e. The van der Waals surface area contributed by atoms with Crippen LogP contribution in [0.3, 0.4) is 0 Å². The zero-order valence-corrected chi connectivity index (χ0v) is 12.8. The third-order valence-corrected chi connectivity index (χ3v) is 3.32. The largest absolute Gasteiger partial charge is 0.494 e. The molecule has 1 atom stereocenters. The number of carbonyl (C=O) groups excluding carboxylic acids is 1. The van der Waals surface area contributed by atoms with Crippen molar-refractivity contribution in [1.82, 2.24) is 10.6 Å². The molecule has 21 heavy (non-hydrogen) atoms. The van der Waals surface area contributed by atoms with Crippen LogP contribution in [0.15, 0.2) is 24.3 Å². The molecule has 1 aliphatic rings. The van der Waals surface area contributed by atoms with Crippen molar-refractivity contribution in [3.8, 4) is 5.75 Å². The molecule has 1 fully saturated rings. The Morgan fingerprint density at radius 1 is 1.38 bits per heavy atom. The fraction of sp³-hybridized carbons (Fsp3) is 0.533. The molecular formula is C15H22ClFN2O2. The number of benzene rings is 1. The highest BCUT2D eigenvalue weighted by Gasteiger charge is 2.16. The predicted octanol–water partition coefficient (Wildman–Crippen LogP) is 2.27. The highest BCUT2D eigenvalue weighted by molar-refractivity contribution is 5.85. The molecule has 1 aromatic rings. The maximum Gasteiger partial charge on any atom is 0.221 e. The van der Waals surface area contributed by atoms with E-state index >= 15 is 0 Å². The molecule has 2 N–H and O–H groups in total. The Morgan fingerprint density at radius 3 is 2.81 bits per heavy atom. The van der Waals surface area contributed by atoms with E-state index in [0.29, 0.717) is 31.4 Å². The summed E-state index contributed by atoms with van der Waals surface area (Å²) in [7, 11) is 0. The summed E-state index contributed by atoms with van der Waals surface area (Å²) in [6.45, 7) is 2.13. The van der Waals surface area contributed by atoms with Gasteiger partial charge in [-0.2, -0.15) is 0 Å². The van der Waals surface area contributed by atoms with E-state index < -0.39 is 0 Å². The molecule has 0 bridgehead atoms. The van der Waals surface area contributed by atoms with Crippen molar-refractivity contribution >= 4 is 18.3 Å². The van der Waals surface area contributed by atoms with Crippen molar-refractivity contribution in [3.05, 3.63) is 30.1 Å². The first-order valence-electron chi connectivity index (χ1n) is 7.12. The number of halogens is 2. The van der Waals surface area contributed by atoms with Crippen molar-refractivity contribution in [1.29, 1.82) is 0 Å². The first kappa shape index (κ1) is 17.7. The highest BCUT2D eigenvalue weighted by atomic mass is 35.5. The summed E-state index contributed by atoms with van der Waals surface area (Å²) in [6.07, 6.45) is 3.53.